The molecule has 0 unspecified atom stereocenters. The van der Waals surface area contributed by atoms with E-state index in [1.165, 1.54) is 12.8 Å². The van der Waals surface area contributed by atoms with E-state index in [4.69, 9.17) is 0 Å². The molecule has 0 aliphatic heterocycles. The van der Waals surface area contributed by atoms with E-state index in [1.54, 1.807) is 0 Å². The summed E-state index contributed by atoms with van der Waals surface area (Å²) in [7, 11) is 3.97. The summed E-state index contributed by atoms with van der Waals surface area (Å²) in [6, 6.07) is 0. The average Bonchev–Trinajstić information content (AvgIpc) is 1.81. The molecule has 0 radical (unpaired) electrons. The molecule has 0 fully saturated rings. The van der Waals surface area contributed by atoms with Crippen LogP contribution in [0.5, 0.6) is 0 Å². The summed E-state index contributed by atoms with van der Waals surface area (Å²) >= 11 is 0. The first-order chi connectivity index (χ1) is 3.91. The number of hydrogen-bond donors (Lipinski definition) is 2. The lowest BCUT2D eigenvalue weighted by atomic mass is 10.3. The van der Waals surface area contributed by atoms with Gasteiger partial charge in [-0.3, -0.25) is 0 Å². The van der Waals surface area contributed by atoms with Crippen LogP contribution in [0.1, 0.15) is 12.8 Å². The SMILES string of the molecule is CNCCCCNC.Cl.Cl. The van der Waals surface area contributed by atoms with Crippen molar-refractivity contribution in [3.8, 4) is 0 Å². The van der Waals surface area contributed by atoms with E-state index in [9.17, 15) is 0 Å². The Morgan fingerprint density at radius 2 is 1.10 bits per heavy atom. The molecule has 0 aliphatic carbocycles. The summed E-state index contributed by atoms with van der Waals surface area (Å²) in [5.74, 6) is 0. The predicted molar refractivity (Wildman–Crippen MR) is 51.6 cm³/mol. The first-order valence-corrected chi connectivity index (χ1v) is 3.21. The van der Waals surface area contributed by atoms with Gasteiger partial charge in [-0.2, -0.15) is 0 Å². The van der Waals surface area contributed by atoms with Gasteiger partial charge in [-0.05, 0) is 40.0 Å². The lowest BCUT2D eigenvalue weighted by molar-refractivity contribution is 0.644. The van der Waals surface area contributed by atoms with Gasteiger partial charge in [0.1, 0.15) is 0 Å². The largest absolute Gasteiger partial charge is 0.320 e. The third-order valence-corrected chi connectivity index (χ3v) is 1.10. The van der Waals surface area contributed by atoms with Gasteiger partial charge in [-0.1, -0.05) is 0 Å². The Hall–Kier alpha value is 0.500. The number of hydrogen-bond acceptors (Lipinski definition) is 2. The highest BCUT2D eigenvalue weighted by atomic mass is 35.5. The minimum absolute atomic E-state index is 0. The maximum Gasteiger partial charge on any atom is -0.00515 e. The Labute approximate surface area is 76.0 Å². The molecule has 10 heavy (non-hydrogen) atoms. The fourth-order valence-corrected chi connectivity index (χ4v) is 0.604. The Morgan fingerprint density at radius 1 is 0.800 bits per heavy atom. The normalized spacial score (nSPS) is 7.80. The molecule has 0 aliphatic rings. The summed E-state index contributed by atoms with van der Waals surface area (Å²) in [6.07, 6.45) is 2.55. The highest BCUT2D eigenvalue weighted by Gasteiger charge is 1.81. The summed E-state index contributed by atoms with van der Waals surface area (Å²) in [5, 5.41) is 6.20. The van der Waals surface area contributed by atoms with Gasteiger partial charge in [0.2, 0.25) is 0 Å². The molecule has 0 saturated heterocycles. The third-order valence-electron chi connectivity index (χ3n) is 1.10. The Bertz CT molecular complexity index is 38.7. The number of nitrogens with one attached hydrogen (secondary N) is 2. The van der Waals surface area contributed by atoms with Gasteiger partial charge in [0.15, 0.2) is 0 Å². The number of halogens is 2. The molecule has 0 atom stereocenters. The molecule has 4 heteroatoms. The highest BCUT2D eigenvalue weighted by molar-refractivity contribution is 5.85. The monoisotopic (exact) mass is 188 g/mol. The molecule has 2 nitrogen and oxygen atoms in total. The molecule has 2 N–H and O–H groups in total. The van der Waals surface area contributed by atoms with Gasteiger partial charge in [-0.15, -0.1) is 24.8 Å². The topological polar surface area (TPSA) is 24.1 Å². The fourth-order valence-electron chi connectivity index (χ4n) is 0.604. The van der Waals surface area contributed by atoms with Crippen molar-refractivity contribution in [1.82, 2.24) is 10.6 Å². The van der Waals surface area contributed by atoms with Gasteiger partial charge in [0.25, 0.3) is 0 Å². The molecule has 0 aromatic carbocycles. The predicted octanol–water partition coefficient (Wildman–Crippen LogP) is 1.05. The van der Waals surface area contributed by atoms with Gasteiger partial charge in [-0.25, -0.2) is 0 Å². The van der Waals surface area contributed by atoms with Crippen LogP contribution in [0.3, 0.4) is 0 Å². The standard InChI is InChI=1S/C6H16N2.2ClH/c1-7-5-3-4-6-8-2;;/h7-8H,3-6H2,1-2H3;2*1H. The molecule has 0 aromatic heterocycles. The van der Waals surface area contributed by atoms with Crippen molar-refractivity contribution in [2.45, 2.75) is 12.8 Å². The molecule has 0 saturated carbocycles. The molecular formula is C6H18Cl2N2. The fraction of sp³-hybridized carbons (Fsp3) is 1.00. The van der Waals surface area contributed by atoms with E-state index in [1.807, 2.05) is 14.1 Å². The summed E-state index contributed by atoms with van der Waals surface area (Å²) in [4.78, 5) is 0. The molecule has 0 rings (SSSR count). The minimum Gasteiger partial charge on any atom is -0.320 e. The van der Waals surface area contributed by atoms with Crippen molar-refractivity contribution in [1.29, 1.82) is 0 Å². The third kappa shape index (κ3) is 15.8. The lowest BCUT2D eigenvalue weighted by Crippen LogP contribution is -2.12. The van der Waals surface area contributed by atoms with Gasteiger partial charge < -0.3 is 10.6 Å². The molecule has 0 spiro atoms. The molecule has 0 bridgehead atoms. The van der Waals surface area contributed by atoms with Crippen molar-refractivity contribution in [2.75, 3.05) is 27.2 Å². The van der Waals surface area contributed by atoms with Crippen molar-refractivity contribution < 1.29 is 0 Å². The second-order valence-corrected chi connectivity index (χ2v) is 1.91. The lowest BCUT2D eigenvalue weighted by Gasteiger charge is -1.97. The van der Waals surface area contributed by atoms with E-state index >= 15 is 0 Å². The van der Waals surface area contributed by atoms with Crippen LogP contribution in [-0.4, -0.2) is 27.2 Å². The summed E-state index contributed by atoms with van der Waals surface area (Å²) in [6.45, 7) is 2.28. The van der Waals surface area contributed by atoms with E-state index in [0.29, 0.717) is 0 Å². The van der Waals surface area contributed by atoms with E-state index in [0.717, 1.165) is 13.1 Å². The van der Waals surface area contributed by atoms with Gasteiger partial charge in [0.05, 0.1) is 0 Å². The van der Waals surface area contributed by atoms with E-state index < -0.39 is 0 Å². The maximum absolute atomic E-state index is 3.10. The van der Waals surface area contributed by atoms with Crippen LogP contribution in [0.2, 0.25) is 0 Å². The van der Waals surface area contributed by atoms with Gasteiger partial charge >= 0.3 is 0 Å². The van der Waals surface area contributed by atoms with Crippen LogP contribution in [0.15, 0.2) is 0 Å². The van der Waals surface area contributed by atoms with E-state index in [2.05, 4.69) is 10.6 Å². The maximum atomic E-state index is 3.10. The zero-order chi connectivity index (χ0) is 6.24. The quantitative estimate of drug-likeness (QED) is 0.631. The minimum atomic E-state index is 0. The van der Waals surface area contributed by atoms with Crippen LogP contribution in [0.25, 0.3) is 0 Å². The first kappa shape index (κ1) is 16.8. The smallest absolute Gasteiger partial charge is 0.00515 e. The first-order valence-electron chi connectivity index (χ1n) is 3.21. The van der Waals surface area contributed by atoms with Crippen molar-refractivity contribution in [3.63, 3.8) is 0 Å². The second-order valence-electron chi connectivity index (χ2n) is 1.91. The molecular weight excluding hydrogens is 171 g/mol. The van der Waals surface area contributed by atoms with Crippen molar-refractivity contribution >= 4 is 24.8 Å². The van der Waals surface area contributed by atoms with Crippen LogP contribution >= 0.6 is 24.8 Å². The second kappa shape index (κ2) is 16.2. The molecule has 66 valence electrons. The average molecular weight is 189 g/mol. The van der Waals surface area contributed by atoms with Crippen LogP contribution in [-0.2, 0) is 0 Å². The zero-order valence-electron chi connectivity index (χ0n) is 6.64. The highest BCUT2D eigenvalue weighted by Crippen LogP contribution is 1.81. The molecule has 0 amide bonds. The van der Waals surface area contributed by atoms with Crippen LogP contribution in [0.4, 0.5) is 0 Å². The van der Waals surface area contributed by atoms with Crippen LogP contribution in [0, 0.1) is 0 Å². The Balaban J connectivity index is -0.000000245. The Kier molecular flexibility index (Phi) is 27.4. The number of unbranched alkanes of at least 4 members (excludes halogenated alkanes) is 1. The molecule has 0 heterocycles. The number of rotatable bonds is 5. The van der Waals surface area contributed by atoms with Gasteiger partial charge in [0, 0.05) is 0 Å². The summed E-state index contributed by atoms with van der Waals surface area (Å²) in [5.41, 5.74) is 0. The Morgan fingerprint density at radius 3 is 1.30 bits per heavy atom. The van der Waals surface area contributed by atoms with E-state index in [-0.39, 0.29) is 24.8 Å². The zero-order valence-corrected chi connectivity index (χ0v) is 8.28. The molecule has 0 aromatic rings. The van der Waals surface area contributed by atoms with Crippen molar-refractivity contribution in [2.24, 2.45) is 0 Å². The summed E-state index contributed by atoms with van der Waals surface area (Å²) < 4.78 is 0. The van der Waals surface area contributed by atoms with Crippen molar-refractivity contribution in [3.05, 3.63) is 0 Å². The van der Waals surface area contributed by atoms with Crippen LogP contribution < -0.4 is 10.6 Å².